The third-order valence-electron chi connectivity index (χ3n) is 3.36. The Morgan fingerprint density at radius 2 is 1.57 bits per heavy atom. The number of hydrogen-bond donors (Lipinski definition) is 1. The highest BCUT2D eigenvalue weighted by molar-refractivity contribution is 5.81. The number of nitrogens with one attached hydrogen (secondary N) is 1. The molecule has 0 bridgehead atoms. The Balaban J connectivity index is 1.96. The molecule has 2 rings (SSSR count). The zero-order valence-corrected chi connectivity index (χ0v) is 12.6. The number of amides is 1. The first-order chi connectivity index (χ1) is 10.2. The molecule has 110 valence electrons. The van der Waals surface area contributed by atoms with Gasteiger partial charge >= 0.3 is 0 Å². The summed E-state index contributed by atoms with van der Waals surface area (Å²) >= 11 is 0. The van der Waals surface area contributed by atoms with Gasteiger partial charge in [0.1, 0.15) is 0 Å². The molecule has 1 amide bonds. The lowest BCUT2D eigenvalue weighted by molar-refractivity contribution is -0.131. The van der Waals surface area contributed by atoms with Crippen LogP contribution in [0.3, 0.4) is 0 Å². The largest absolute Gasteiger partial charge is 0.376 e. The molecule has 0 aliphatic heterocycles. The zero-order chi connectivity index (χ0) is 15.1. The van der Waals surface area contributed by atoms with E-state index in [-0.39, 0.29) is 11.9 Å². The first kappa shape index (κ1) is 15.1. The monoisotopic (exact) mass is 282 g/mol. The maximum Gasteiger partial charge on any atom is 0.242 e. The maximum absolute atomic E-state index is 12.4. The van der Waals surface area contributed by atoms with Crippen LogP contribution in [0.5, 0.6) is 0 Å². The predicted molar refractivity (Wildman–Crippen MR) is 87.1 cm³/mol. The van der Waals surface area contributed by atoms with Gasteiger partial charge in [-0.25, -0.2) is 0 Å². The fourth-order valence-corrected chi connectivity index (χ4v) is 2.17. The molecule has 0 heterocycles. The van der Waals surface area contributed by atoms with Gasteiger partial charge in [0.25, 0.3) is 0 Å². The van der Waals surface area contributed by atoms with E-state index in [1.165, 1.54) is 0 Å². The van der Waals surface area contributed by atoms with Gasteiger partial charge in [-0.15, -0.1) is 0 Å². The van der Waals surface area contributed by atoms with Crippen LogP contribution in [0, 0.1) is 0 Å². The van der Waals surface area contributed by atoms with E-state index in [1.807, 2.05) is 79.4 Å². The van der Waals surface area contributed by atoms with E-state index in [4.69, 9.17) is 0 Å². The SMILES string of the molecule is CC(C)N(Cc1ccccc1)C(=O)CNc1ccccc1. The van der Waals surface area contributed by atoms with Crippen LogP contribution in [0.25, 0.3) is 0 Å². The number of hydrogen-bond acceptors (Lipinski definition) is 2. The van der Waals surface area contributed by atoms with Crippen LogP contribution in [0.15, 0.2) is 60.7 Å². The number of benzene rings is 2. The van der Waals surface area contributed by atoms with Gasteiger partial charge in [-0.1, -0.05) is 48.5 Å². The lowest BCUT2D eigenvalue weighted by Crippen LogP contribution is -2.39. The molecule has 0 saturated heterocycles. The molecule has 0 spiro atoms. The summed E-state index contributed by atoms with van der Waals surface area (Å²) in [6.45, 7) is 5.05. The molecule has 2 aromatic rings. The summed E-state index contributed by atoms with van der Waals surface area (Å²) in [5, 5.41) is 3.17. The van der Waals surface area contributed by atoms with Crippen molar-refractivity contribution in [2.24, 2.45) is 0 Å². The molecule has 1 N–H and O–H groups in total. The molecule has 0 aliphatic carbocycles. The quantitative estimate of drug-likeness (QED) is 0.879. The van der Waals surface area contributed by atoms with Crippen LogP contribution in [0.1, 0.15) is 19.4 Å². The normalized spacial score (nSPS) is 10.4. The number of anilines is 1. The van der Waals surface area contributed by atoms with Gasteiger partial charge in [0.05, 0.1) is 6.54 Å². The van der Waals surface area contributed by atoms with Crippen molar-refractivity contribution < 1.29 is 4.79 Å². The van der Waals surface area contributed by atoms with E-state index in [2.05, 4.69) is 5.32 Å². The van der Waals surface area contributed by atoms with Crippen molar-refractivity contribution >= 4 is 11.6 Å². The minimum Gasteiger partial charge on any atom is -0.376 e. The van der Waals surface area contributed by atoms with Crippen molar-refractivity contribution in [3.8, 4) is 0 Å². The number of carbonyl (C=O) groups excluding carboxylic acids is 1. The molecular weight excluding hydrogens is 260 g/mol. The van der Waals surface area contributed by atoms with E-state index < -0.39 is 0 Å². The summed E-state index contributed by atoms with van der Waals surface area (Å²) in [6.07, 6.45) is 0. The fourth-order valence-electron chi connectivity index (χ4n) is 2.17. The Hall–Kier alpha value is -2.29. The Bertz CT molecular complexity index is 552. The second-order valence-electron chi connectivity index (χ2n) is 5.32. The van der Waals surface area contributed by atoms with E-state index in [1.54, 1.807) is 0 Å². The van der Waals surface area contributed by atoms with Crippen molar-refractivity contribution in [3.63, 3.8) is 0 Å². The van der Waals surface area contributed by atoms with Crippen molar-refractivity contribution in [2.75, 3.05) is 11.9 Å². The number of para-hydroxylation sites is 1. The molecule has 0 radical (unpaired) electrons. The fraction of sp³-hybridized carbons (Fsp3) is 0.278. The van der Waals surface area contributed by atoms with E-state index in [0.29, 0.717) is 13.1 Å². The van der Waals surface area contributed by atoms with Gasteiger partial charge in [0.15, 0.2) is 0 Å². The van der Waals surface area contributed by atoms with Crippen LogP contribution >= 0.6 is 0 Å². The maximum atomic E-state index is 12.4. The standard InChI is InChI=1S/C18H22N2O/c1-15(2)20(14-16-9-5-3-6-10-16)18(21)13-19-17-11-7-4-8-12-17/h3-12,15,19H,13-14H2,1-2H3. The average molecular weight is 282 g/mol. The van der Waals surface area contributed by atoms with Gasteiger partial charge in [-0.05, 0) is 31.5 Å². The van der Waals surface area contributed by atoms with Crippen molar-refractivity contribution in [1.29, 1.82) is 0 Å². The van der Waals surface area contributed by atoms with E-state index in [0.717, 1.165) is 11.3 Å². The topological polar surface area (TPSA) is 32.3 Å². The summed E-state index contributed by atoms with van der Waals surface area (Å²) < 4.78 is 0. The Morgan fingerprint density at radius 3 is 2.14 bits per heavy atom. The van der Waals surface area contributed by atoms with Gasteiger partial charge in [0.2, 0.25) is 5.91 Å². The summed E-state index contributed by atoms with van der Waals surface area (Å²) in [7, 11) is 0. The molecule has 3 nitrogen and oxygen atoms in total. The Kier molecular flexibility index (Phi) is 5.38. The zero-order valence-electron chi connectivity index (χ0n) is 12.6. The first-order valence-corrected chi connectivity index (χ1v) is 7.29. The van der Waals surface area contributed by atoms with Gasteiger partial charge in [-0.2, -0.15) is 0 Å². The summed E-state index contributed by atoms with van der Waals surface area (Å²) in [4.78, 5) is 14.3. The Labute approximate surface area is 126 Å². The van der Waals surface area contributed by atoms with Crippen LogP contribution < -0.4 is 5.32 Å². The van der Waals surface area contributed by atoms with Crippen LogP contribution in [-0.2, 0) is 11.3 Å². The molecule has 3 heteroatoms. The summed E-state index contributed by atoms with van der Waals surface area (Å²) in [5.41, 5.74) is 2.12. The lowest BCUT2D eigenvalue weighted by Gasteiger charge is -2.27. The second-order valence-corrected chi connectivity index (χ2v) is 5.32. The smallest absolute Gasteiger partial charge is 0.242 e. The molecule has 0 aromatic heterocycles. The minimum absolute atomic E-state index is 0.109. The molecule has 0 aliphatic rings. The molecular formula is C18H22N2O. The number of rotatable bonds is 6. The molecule has 0 fully saturated rings. The average Bonchev–Trinajstić information content (AvgIpc) is 2.52. The first-order valence-electron chi connectivity index (χ1n) is 7.29. The highest BCUT2D eigenvalue weighted by Gasteiger charge is 2.16. The Morgan fingerprint density at radius 1 is 1.00 bits per heavy atom. The lowest BCUT2D eigenvalue weighted by atomic mass is 10.2. The number of carbonyl (C=O) groups is 1. The summed E-state index contributed by atoms with van der Waals surface area (Å²) in [6, 6.07) is 20.1. The molecule has 0 unspecified atom stereocenters. The van der Waals surface area contributed by atoms with E-state index in [9.17, 15) is 4.79 Å². The summed E-state index contributed by atoms with van der Waals surface area (Å²) in [5.74, 6) is 0.109. The highest BCUT2D eigenvalue weighted by atomic mass is 16.2. The highest BCUT2D eigenvalue weighted by Crippen LogP contribution is 2.10. The minimum atomic E-state index is 0.109. The second kappa shape index (κ2) is 7.48. The molecule has 0 saturated carbocycles. The van der Waals surface area contributed by atoms with Gasteiger partial charge < -0.3 is 10.2 Å². The third-order valence-corrected chi connectivity index (χ3v) is 3.36. The molecule has 21 heavy (non-hydrogen) atoms. The molecule has 2 aromatic carbocycles. The van der Waals surface area contributed by atoms with Gasteiger partial charge in [-0.3, -0.25) is 4.79 Å². The van der Waals surface area contributed by atoms with Crippen molar-refractivity contribution in [1.82, 2.24) is 4.90 Å². The number of nitrogens with zero attached hydrogens (tertiary/aromatic N) is 1. The van der Waals surface area contributed by atoms with Crippen molar-refractivity contribution in [3.05, 3.63) is 66.2 Å². The van der Waals surface area contributed by atoms with E-state index >= 15 is 0 Å². The van der Waals surface area contributed by atoms with Crippen LogP contribution in [-0.4, -0.2) is 23.4 Å². The van der Waals surface area contributed by atoms with Crippen LogP contribution in [0.2, 0.25) is 0 Å². The van der Waals surface area contributed by atoms with Gasteiger partial charge in [0, 0.05) is 18.3 Å². The van der Waals surface area contributed by atoms with Crippen molar-refractivity contribution in [2.45, 2.75) is 26.4 Å². The van der Waals surface area contributed by atoms with Crippen LogP contribution in [0.4, 0.5) is 5.69 Å². The third kappa shape index (κ3) is 4.63. The molecule has 0 atom stereocenters. The predicted octanol–water partition coefficient (Wildman–Crippen LogP) is 3.54.